The first-order chi connectivity index (χ1) is 10.4. The number of esters is 1. The molecule has 0 aliphatic carbocycles. The van der Waals surface area contributed by atoms with E-state index in [9.17, 15) is 4.79 Å². The fraction of sp³-hybridized carbons (Fsp3) is 0.526. The van der Waals surface area contributed by atoms with Crippen LogP contribution in [-0.4, -0.2) is 21.2 Å². The summed E-state index contributed by atoms with van der Waals surface area (Å²) in [6.07, 6.45) is 5.24. The van der Waals surface area contributed by atoms with Crippen molar-refractivity contribution < 1.29 is 9.53 Å². The molecular weight excluding hydrogens is 288 g/mol. The second kappa shape index (κ2) is 8.94. The van der Waals surface area contributed by atoms with Crippen molar-refractivity contribution >= 4 is 14.0 Å². The standard InChI is InChI=1S/C19H30O2Si/c1-6-7-13-17(15-14-16-11-9-8-10-12-16)18(19(20)21-2)22(3,4)5/h8-12H,6-7,13-15H2,1-5H3/b18-17-. The number of unbranched alkanes of at least 4 members (excludes halogenated alkanes) is 1. The van der Waals surface area contributed by atoms with Gasteiger partial charge in [-0.15, -0.1) is 0 Å². The summed E-state index contributed by atoms with van der Waals surface area (Å²) in [7, 11) is -0.220. The monoisotopic (exact) mass is 318 g/mol. The number of hydrogen-bond acceptors (Lipinski definition) is 2. The Morgan fingerprint density at radius 1 is 1.09 bits per heavy atom. The van der Waals surface area contributed by atoms with Gasteiger partial charge in [0.1, 0.15) is 0 Å². The molecule has 0 spiro atoms. The summed E-state index contributed by atoms with van der Waals surface area (Å²) in [5, 5.41) is 0.999. The van der Waals surface area contributed by atoms with E-state index in [2.05, 4.69) is 50.8 Å². The van der Waals surface area contributed by atoms with E-state index in [1.165, 1.54) is 18.2 Å². The van der Waals surface area contributed by atoms with Crippen molar-refractivity contribution in [2.24, 2.45) is 0 Å². The molecule has 0 atom stereocenters. The van der Waals surface area contributed by atoms with Crippen molar-refractivity contribution in [1.29, 1.82) is 0 Å². The van der Waals surface area contributed by atoms with Crippen LogP contribution in [0.4, 0.5) is 0 Å². The Bertz CT molecular complexity index is 498. The molecular formula is C19H30O2Si. The van der Waals surface area contributed by atoms with Crippen LogP contribution in [0.5, 0.6) is 0 Å². The number of allylic oxidation sites excluding steroid dienone is 1. The van der Waals surface area contributed by atoms with Gasteiger partial charge < -0.3 is 4.74 Å². The lowest BCUT2D eigenvalue weighted by Crippen LogP contribution is -2.32. The topological polar surface area (TPSA) is 26.3 Å². The van der Waals surface area contributed by atoms with Gasteiger partial charge >= 0.3 is 5.97 Å². The predicted molar refractivity (Wildman–Crippen MR) is 96.7 cm³/mol. The summed E-state index contributed by atoms with van der Waals surface area (Å²) < 4.78 is 5.09. The van der Waals surface area contributed by atoms with Crippen molar-refractivity contribution in [3.05, 3.63) is 46.7 Å². The summed E-state index contributed by atoms with van der Waals surface area (Å²) >= 11 is 0. The first-order valence-corrected chi connectivity index (χ1v) is 11.7. The van der Waals surface area contributed by atoms with Gasteiger partial charge in [-0.05, 0) is 31.2 Å². The van der Waals surface area contributed by atoms with Crippen LogP contribution in [0.3, 0.4) is 0 Å². The molecule has 0 fully saturated rings. The molecule has 1 rings (SSSR count). The maximum absolute atomic E-state index is 12.3. The zero-order valence-electron chi connectivity index (χ0n) is 14.7. The van der Waals surface area contributed by atoms with E-state index in [4.69, 9.17) is 4.74 Å². The van der Waals surface area contributed by atoms with Gasteiger partial charge in [-0.2, -0.15) is 0 Å². The maximum Gasteiger partial charge on any atom is 0.329 e. The minimum Gasteiger partial charge on any atom is -0.466 e. The quantitative estimate of drug-likeness (QED) is 0.376. The molecule has 0 heterocycles. The third-order valence-electron chi connectivity index (χ3n) is 3.88. The Morgan fingerprint density at radius 2 is 1.73 bits per heavy atom. The Morgan fingerprint density at radius 3 is 2.23 bits per heavy atom. The Balaban J connectivity index is 3.05. The van der Waals surface area contributed by atoms with E-state index < -0.39 is 8.07 Å². The van der Waals surface area contributed by atoms with Crippen LogP contribution in [-0.2, 0) is 16.0 Å². The van der Waals surface area contributed by atoms with Gasteiger partial charge in [0.2, 0.25) is 0 Å². The lowest BCUT2D eigenvalue weighted by Gasteiger charge is -2.23. The van der Waals surface area contributed by atoms with E-state index in [0.29, 0.717) is 0 Å². The lowest BCUT2D eigenvalue weighted by atomic mass is 10.00. The molecule has 0 saturated heterocycles. The molecule has 122 valence electrons. The minimum absolute atomic E-state index is 0.113. The van der Waals surface area contributed by atoms with Gasteiger partial charge in [0.05, 0.1) is 15.2 Å². The second-order valence-electron chi connectivity index (χ2n) is 6.81. The fourth-order valence-corrected chi connectivity index (χ4v) is 4.81. The number of aryl methyl sites for hydroxylation is 1. The molecule has 1 aromatic carbocycles. The van der Waals surface area contributed by atoms with E-state index >= 15 is 0 Å². The SMILES string of the molecule is CCCC/C(CCc1ccccc1)=C(\C(=O)OC)[Si](C)(C)C. The molecule has 2 nitrogen and oxygen atoms in total. The van der Waals surface area contributed by atoms with Crippen LogP contribution in [0.2, 0.25) is 19.6 Å². The Labute approximate surface area is 136 Å². The van der Waals surface area contributed by atoms with E-state index in [-0.39, 0.29) is 5.97 Å². The van der Waals surface area contributed by atoms with Gasteiger partial charge in [-0.1, -0.05) is 68.9 Å². The van der Waals surface area contributed by atoms with E-state index in [1.54, 1.807) is 0 Å². The van der Waals surface area contributed by atoms with Crippen molar-refractivity contribution in [3.63, 3.8) is 0 Å². The number of hydrogen-bond donors (Lipinski definition) is 0. The minimum atomic E-state index is -1.72. The summed E-state index contributed by atoms with van der Waals surface area (Å²) in [6.45, 7) is 8.89. The molecule has 0 unspecified atom stereocenters. The van der Waals surface area contributed by atoms with Gasteiger partial charge in [0.25, 0.3) is 0 Å². The lowest BCUT2D eigenvalue weighted by molar-refractivity contribution is -0.135. The first kappa shape index (κ1) is 18.7. The average molecular weight is 319 g/mol. The number of ether oxygens (including phenoxy) is 1. The zero-order valence-corrected chi connectivity index (χ0v) is 15.7. The molecule has 0 saturated carbocycles. The summed E-state index contributed by atoms with van der Waals surface area (Å²) in [6, 6.07) is 10.5. The van der Waals surface area contributed by atoms with E-state index in [0.717, 1.165) is 37.3 Å². The predicted octanol–water partition coefficient (Wildman–Crippen LogP) is 5.16. The van der Waals surface area contributed by atoms with Crippen molar-refractivity contribution in [2.75, 3.05) is 7.11 Å². The highest BCUT2D eigenvalue weighted by molar-refractivity contribution is 6.87. The number of methoxy groups -OCH3 is 1. The van der Waals surface area contributed by atoms with Crippen molar-refractivity contribution in [3.8, 4) is 0 Å². The third-order valence-corrected chi connectivity index (χ3v) is 5.94. The molecule has 0 bridgehead atoms. The largest absolute Gasteiger partial charge is 0.466 e. The van der Waals surface area contributed by atoms with E-state index in [1.807, 2.05) is 6.07 Å². The van der Waals surface area contributed by atoms with Crippen LogP contribution in [0.15, 0.2) is 41.1 Å². The molecule has 0 aromatic heterocycles. The Hall–Kier alpha value is -1.35. The second-order valence-corrected chi connectivity index (χ2v) is 11.8. The van der Waals surface area contributed by atoms with Gasteiger partial charge in [0, 0.05) is 5.20 Å². The maximum atomic E-state index is 12.3. The number of benzene rings is 1. The van der Waals surface area contributed by atoms with Crippen molar-refractivity contribution in [2.45, 2.75) is 58.7 Å². The highest BCUT2D eigenvalue weighted by Gasteiger charge is 2.29. The fourth-order valence-electron chi connectivity index (χ4n) is 2.79. The van der Waals surface area contributed by atoms with Crippen molar-refractivity contribution in [1.82, 2.24) is 0 Å². The molecule has 0 N–H and O–H groups in total. The highest BCUT2D eigenvalue weighted by Crippen LogP contribution is 2.27. The molecule has 0 aliphatic heterocycles. The van der Waals surface area contributed by atoms with Crippen LogP contribution in [0.25, 0.3) is 0 Å². The molecule has 0 radical (unpaired) electrons. The van der Waals surface area contributed by atoms with Crippen LogP contribution >= 0.6 is 0 Å². The molecule has 1 aromatic rings. The normalized spacial score (nSPS) is 12.8. The van der Waals surface area contributed by atoms with Crippen LogP contribution in [0, 0.1) is 0 Å². The van der Waals surface area contributed by atoms with Gasteiger partial charge in [-0.25, -0.2) is 4.79 Å². The van der Waals surface area contributed by atoms with Gasteiger partial charge in [0.15, 0.2) is 0 Å². The van der Waals surface area contributed by atoms with Crippen LogP contribution in [0.1, 0.15) is 38.2 Å². The van der Waals surface area contributed by atoms with Gasteiger partial charge in [-0.3, -0.25) is 0 Å². The highest BCUT2D eigenvalue weighted by atomic mass is 28.3. The first-order valence-electron chi connectivity index (χ1n) is 8.24. The average Bonchev–Trinajstić information content (AvgIpc) is 2.49. The summed E-state index contributed by atoms with van der Waals surface area (Å²) in [4.78, 5) is 12.3. The van der Waals surface area contributed by atoms with Crippen LogP contribution < -0.4 is 0 Å². The molecule has 22 heavy (non-hydrogen) atoms. The smallest absolute Gasteiger partial charge is 0.329 e. The zero-order chi connectivity index (χ0) is 16.6. The number of carbonyl (C=O) groups excluding carboxylic acids is 1. The summed E-state index contributed by atoms with van der Waals surface area (Å²) in [5.41, 5.74) is 2.65. The molecule has 3 heteroatoms. The summed E-state index contributed by atoms with van der Waals surface area (Å²) in [5.74, 6) is -0.113. The third kappa shape index (κ3) is 5.80. The molecule has 0 aliphatic rings. The number of rotatable bonds is 8. The molecule has 0 amide bonds. The Kier molecular flexibility index (Phi) is 7.59. The number of carbonyl (C=O) groups is 1.